The maximum Gasteiger partial charge on any atom is 0.225 e. The van der Waals surface area contributed by atoms with Gasteiger partial charge in [0.05, 0.1) is 5.76 Å². The Morgan fingerprint density at radius 2 is 2.07 bits per heavy atom. The molecule has 14 heavy (non-hydrogen) atoms. The zero-order valence-corrected chi connectivity index (χ0v) is 11.5. The first-order chi connectivity index (χ1) is 6.42. The molecule has 0 heterocycles. The quantitative estimate of drug-likeness (QED) is 0.648. The van der Waals surface area contributed by atoms with Crippen molar-refractivity contribution in [3.63, 3.8) is 0 Å². The summed E-state index contributed by atoms with van der Waals surface area (Å²) in [5, 5.41) is 0.400. The Morgan fingerprint density at radius 3 is 2.50 bits per heavy atom. The highest BCUT2D eigenvalue weighted by Crippen LogP contribution is 2.34. The zero-order valence-electron chi connectivity index (χ0n) is 10.1. The van der Waals surface area contributed by atoms with E-state index < -0.39 is 9.76 Å². The topological polar surface area (TPSA) is 9.23 Å². The Labute approximate surface area is 90.2 Å². The lowest BCUT2D eigenvalue weighted by atomic mass is 9.99. The lowest BCUT2D eigenvalue weighted by molar-refractivity contribution is 0.374. The van der Waals surface area contributed by atoms with Crippen molar-refractivity contribution in [3.05, 3.63) is 23.5 Å². The molecule has 0 atom stereocenters. The van der Waals surface area contributed by atoms with Crippen LogP contribution in [0.5, 0.6) is 0 Å². The summed E-state index contributed by atoms with van der Waals surface area (Å²) < 4.78 is 5.95. The van der Waals surface area contributed by atoms with Crippen molar-refractivity contribution in [1.82, 2.24) is 0 Å². The van der Waals surface area contributed by atoms with Gasteiger partial charge >= 0.3 is 0 Å². The summed E-state index contributed by atoms with van der Waals surface area (Å²) in [6.45, 7) is 11.3. The SMILES string of the molecule is CC1=CCC(O[SiH2]C(C)(C)C(C)C)=C1. The molecule has 0 radical (unpaired) electrons. The minimum absolute atomic E-state index is 0.400. The Balaban J connectivity index is 2.39. The summed E-state index contributed by atoms with van der Waals surface area (Å²) in [7, 11) is -0.462. The maximum absolute atomic E-state index is 5.95. The van der Waals surface area contributed by atoms with Crippen LogP contribution in [0, 0.1) is 5.92 Å². The summed E-state index contributed by atoms with van der Waals surface area (Å²) in [6.07, 6.45) is 5.41. The Morgan fingerprint density at radius 1 is 1.43 bits per heavy atom. The highest BCUT2D eigenvalue weighted by molar-refractivity contribution is 6.32. The average molecular weight is 210 g/mol. The van der Waals surface area contributed by atoms with E-state index >= 15 is 0 Å². The smallest absolute Gasteiger partial charge is 0.225 e. The predicted molar refractivity (Wildman–Crippen MR) is 65.0 cm³/mol. The first-order valence-corrected chi connectivity index (χ1v) is 6.70. The standard InChI is InChI=1S/C12H22OSi/c1-9(2)12(4,5)14-13-11-7-6-10(3)8-11/h6,8-9H,7,14H2,1-5H3. The van der Waals surface area contributed by atoms with Gasteiger partial charge < -0.3 is 4.43 Å². The van der Waals surface area contributed by atoms with E-state index in [0.29, 0.717) is 11.0 Å². The fourth-order valence-electron chi connectivity index (χ4n) is 1.18. The third-order valence-electron chi connectivity index (χ3n) is 3.21. The van der Waals surface area contributed by atoms with E-state index in [1.807, 2.05) is 0 Å². The molecule has 0 fully saturated rings. The Hall–Kier alpha value is -0.503. The highest BCUT2D eigenvalue weighted by Gasteiger charge is 2.24. The van der Waals surface area contributed by atoms with Crippen LogP contribution in [0.4, 0.5) is 0 Å². The Kier molecular flexibility index (Phi) is 3.59. The normalized spacial score (nSPS) is 17.9. The molecule has 1 aliphatic carbocycles. The molecule has 0 N–H and O–H groups in total. The molecule has 0 amide bonds. The second-order valence-corrected chi connectivity index (χ2v) is 7.59. The van der Waals surface area contributed by atoms with Crippen molar-refractivity contribution in [1.29, 1.82) is 0 Å². The summed E-state index contributed by atoms with van der Waals surface area (Å²) in [5.74, 6) is 1.90. The third kappa shape index (κ3) is 3.02. The molecule has 0 saturated carbocycles. The van der Waals surface area contributed by atoms with Gasteiger partial charge in [-0.1, -0.05) is 39.3 Å². The molecule has 0 unspecified atom stereocenters. The predicted octanol–water partition coefficient (Wildman–Crippen LogP) is 3.18. The van der Waals surface area contributed by atoms with Gasteiger partial charge in [-0.15, -0.1) is 0 Å². The van der Waals surface area contributed by atoms with Gasteiger partial charge in [0.1, 0.15) is 0 Å². The number of hydrogen-bond donors (Lipinski definition) is 0. The van der Waals surface area contributed by atoms with Crippen LogP contribution in [0.3, 0.4) is 0 Å². The van der Waals surface area contributed by atoms with Crippen molar-refractivity contribution in [2.24, 2.45) is 5.92 Å². The molecule has 0 aromatic rings. The number of rotatable bonds is 4. The third-order valence-corrected chi connectivity index (χ3v) is 5.28. The van der Waals surface area contributed by atoms with E-state index in [1.54, 1.807) is 0 Å². The van der Waals surface area contributed by atoms with Crippen molar-refractivity contribution >= 4 is 9.76 Å². The zero-order chi connectivity index (χ0) is 10.8. The molecular weight excluding hydrogens is 188 g/mol. The van der Waals surface area contributed by atoms with Gasteiger partial charge in [-0.3, -0.25) is 0 Å². The summed E-state index contributed by atoms with van der Waals surface area (Å²) >= 11 is 0. The molecule has 2 heteroatoms. The molecule has 1 rings (SSSR count). The van der Waals surface area contributed by atoms with Gasteiger partial charge in [-0.25, -0.2) is 0 Å². The van der Waals surface area contributed by atoms with Crippen molar-refractivity contribution < 1.29 is 4.43 Å². The minimum Gasteiger partial charge on any atom is -0.551 e. The van der Waals surface area contributed by atoms with Crippen LogP contribution in [-0.4, -0.2) is 9.76 Å². The molecule has 0 saturated heterocycles. The maximum atomic E-state index is 5.95. The first-order valence-electron chi connectivity index (χ1n) is 5.42. The van der Waals surface area contributed by atoms with E-state index in [-0.39, 0.29) is 0 Å². The average Bonchev–Trinajstić information content (AvgIpc) is 2.48. The molecule has 80 valence electrons. The minimum atomic E-state index is -0.462. The molecule has 1 aliphatic rings. The summed E-state index contributed by atoms with van der Waals surface area (Å²) in [6, 6.07) is 0. The highest BCUT2D eigenvalue weighted by atomic mass is 28.2. The second kappa shape index (κ2) is 4.35. The fraction of sp³-hybridized carbons (Fsp3) is 0.667. The number of hydrogen-bond acceptors (Lipinski definition) is 1. The summed E-state index contributed by atoms with van der Waals surface area (Å²) in [5.41, 5.74) is 1.34. The lowest BCUT2D eigenvalue weighted by Crippen LogP contribution is -2.21. The van der Waals surface area contributed by atoms with Crippen LogP contribution < -0.4 is 0 Å². The molecule has 0 aromatic carbocycles. The van der Waals surface area contributed by atoms with Crippen molar-refractivity contribution in [2.45, 2.75) is 46.1 Å². The van der Waals surface area contributed by atoms with Crippen LogP contribution in [0.25, 0.3) is 0 Å². The van der Waals surface area contributed by atoms with Gasteiger partial charge in [0.25, 0.3) is 0 Å². The Bertz CT molecular complexity index is 261. The van der Waals surface area contributed by atoms with Crippen LogP contribution in [0.15, 0.2) is 23.5 Å². The van der Waals surface area contributed by atoms with E-state index in [2.05, 4.69) is 46.8 Å². The van der Waals surface area contributed by atoms with E-state index in [4.69, 9.17) is 4.43 Å². The molecule has 0 bridgehead atoms. The second-order valence-electron chi connectivity index (χ2n) is 5.19. The molecular formula is C12H22OSi. The number of allylic oxidation sites excluding steroid dienone is 3. The van der Waals surface area contributed by atoms with Crippen LogP contribution in [0.1, 0.15) is 41.0 Å². The fourth-order valence-corrected chi connectivity index (χ4v) is 2.27. The molecule has 0 spiro atoms. The molecule has 0 aliphatic heterocycles. The molecule has 0 aromatic heterocycles. The first kappa shape index (κ1) is 11.6. The van der Waals surface area contributed by atoms with Crippen LogP contribution >= 0.6 is 0 Å². The van der Waals surface area contributed by atoms with Gasteiger partial charge in [0.15, 0.2) is 0 Å². The van der Waals surface area contributed by atoms with Crippen molar-refractivity contribution in [3.8, 4) is 0 Å². The van der Waals surface area contributed by atoms with Gasteiger partial charge in [0, 0.05) is 6.42 Å². The van der Waals surface area contributed by atoms with Crippen LogP contribution in [-0.2, 0) is 4.43 Å². The largest absolute Gasteiger partial charge is 0.551 e. The van der Waals surface area contributed by atoms with Gasteiger partial charge in [0.2, 0.25) is 9.76 Å². The molecule has 1 nitrogen and oxygen atoms in total. The summed E-state index contributed by atoms with van der Waals surface area (Å²) in [4.78, 5) is 0. The van der Waals surface area contributed by atoms with E-state index in [0.717, 1.165) is 6.42 Å². The van der Waals surface area contributed by atoms with Gasteiger partial charge in [-0.2, -0.15) is 0 Å². The lowest BCUT2D eigenvalue weighted by Gasteiger charge is -2.28. The van der Waals surface area contributed by atoms with E-state index in [1.165, 1.54) is 11.3 Å². The van der Waals surface area contributed by atoms with Gasteiger partial charge in [-0.05, 0) is 24.0 Å². The van der Waals surface area contributed by atoms with Crippen LogP contribution in [0.2, 0.25) is 5.04 Å². The monoisotopic (exact) mass is 210 g/mol. The van der Waals surface area contributed by atoms with E-state index in [9.17, 15) is 0 Å². The van der Waals surface area contributed by atoms with Crippen molar-refractivity contribution in [2.75, 3.05) is 0 Å².